The topological polar surface area (TPSA) is 54.5 Å². The Morgan fingerprint density at radius 3 is 2.17 bits per heavy atom. The van der Waals surface area contributed by atoms with Gasteiger partial charge >= 0.3 is 0 Å². The average molecular weight is 426 g/mol. The van der Waals surface area contributed by atoms with E-state index in [-0.39, 0.29) is 10.6 Å². The van der Waals surface area contributed by atoms with Crippen LogP contribution in [0.5, 0.6) is 0 Å². The van der Waals surface area contributed by atoms with Crippen molar-refractivity contribution in [3.8, 4) is 0 Å². The van der Waals surface area contributed by atoms with Crippen LogP contribution >= 0.6 is 11.8 Å². The van der Waals surface area contributed by atoms with E-state index in [0.717, 1.165) is 25.9 Å². The second-order valence-electron chi connectivity index (χ2n) is 6.80. The molecule has 0 aliphatic heterocycles. The fourth-order valence-electron chi connectivity index (χ4n) is 2.89. The first kappa shape index (κ1) is 21.1. The summed E-state index contributed by atoms with van der Waals surface area (Å²) in [6.07, 6.45) is 0. The van der Waals surface area contributed by atoms with E-state index in [1.165, 1.54) is 23.9 Å². The number of hydrogen-bond donors (Lipinski definition) is 0. The Bertz CT molecular complexity index is 1110. The zero-order chi connectivity index (χ0) is 21.0. The molecule has 1 amide bonds. The van der Waals surface area contributed by atoms with E-state index in [0.29, 0.717) is 5.69 Å². The number of hydrogen-bond acceptors (Lipinski definition) is 4. The molecule has 0 aliphatic carbocycles. The largest absolute Gasteiger partial charge is 0.272 e. The van der Waals surface area contributed by atoms with Crippen molar-refractivity contribution in [3.63, 3.8) is 0 Å². The molecule has 0 heterocycles. The average Bonchev–Trinajstić information content (AvgIpc) is 2.71. The summed E-state index contributed by atoms with van der Waals surface area (Å²) in [7, 11) is -4.03. The molecule has 3 rings (SSSR count). The molecule has 29 heavy (non-hydrogen) atoms. The van der Waals surface area contributed by atoms with Crippen molar-refractivity contribution in [3.05, 3.63) is 89.5 Å². The molecule has 150 valence electrons. The van der Waals surface area contributed by atoms with Gasteiger partial charge < -0.3 is 0 Å². The van der Waals surface area contributed by atoms with E-state index in [9.17, 15) is 13.2 Å². The van der Waals surface area contributed by atoms with E-state index in [1.54, 1.807) is 30.3 Å². The summed E-state index contributed by atoms with van der Waals surface area (Å²) in [5.74, 6) is -0.462. The number of thioether (sulfide) groups is 1. The van der Waals surface area contributed by atoms with Crippen molar-refractivity contribution in [2.75, 3.05) is 10.1 Å². The van der Waals surface area contributed by atoms with Gasteiger partial charge in [0.25, 0.3) is 15.9 Å². The minimum Gasteiger partial charge on any atom is -0.272 e. The van der Waals surface area contributed by atoms with Crippen molar-refractivity contribution in [1.82, 2.24) is 0 Å². The predicted octanol–water partition coefficient (Wildman–Crippen LogP) is 5.13. The van der Waals surface area contributed by atoms with Gasteiger partial charge in [0.2, 0.25) is 0 Å². The van der Waals surface area contributed by atoms with E-state index in [1.807, 2.05) is 51.1 Å². The third kappa shape index (κ3) is 4.71. The molecule has 0 saturated heterocycles. The van der Waals surface area contributed by atoms with Gasteiger partial charge in [0.05, 0.1) is 16.3 Å². The zero-order valence-corrected chi connectivity index (χ0v) is 18.3. The quantitative estimate of drug-likeness (QED) is 0.514. The van der Waals surface area contributed by atoms with Gasteiger partial charge in [-0.25, -0.2) is 12.7 Å². The number of carbonyl (C=O) groups excluding carboxylic acids is 1. The van der Waals surface area contributed by atoms with Crippen LogP contribution in [0.25, 0.3) is 0 Å². The van der Waals surface area contributed by atoms with Gasteiger partial charge in [0.15, 0.2) is 0 Å². The van der Waals surface area contributed by atoms with E-state index in [4.69, 9.17) is 0 Å². The summed E-state index contributed by atoms with van der Waals surface area (Å²) in [5.41, 5.74) is 3.21. The highest BCUT2D eigenvalue weighted by molar-refractivity contribution is 8.00. The zero-order valence-electron chi connectivity index (χ0n) is 16.6. The molecule has 6 heteroatoms. The molecule has 3 aromatic carbocycles. The Morgan fingerprint density at radius 1 is 0.862 bits per heavy atom. The molecule has 0 atom stereocenters. The van der Waals surface area contributed by atoms with Gasteiger partial charge in [0.1, 0.15) is 0 Å². The number of anilines is 1. The van der Waals surface area contributed by atoms with Crippen LogP contribution < -0.4 is 4.31 Å². The normalized spacial score (nSPS) is 11.3. The van der Waals surface area contributed by atoms with E-state index >= 15 is 0 Å². The van der Waals surface area contributed by atoms with Crippen LogP contribution in [-0.4, -0.2) is 20.1 Å². The third-order valence-electron chi connectivity index (χ3n) is 4.69. The molecule has 0 spiro atoms. The number of aryl methyl sites for hydroxylation is 2. The standard InChI is InChI=1S/C23H23NO3S2/c1-17-12-14-20(15-13-17)28-16-23(25)24(22-11-7-8-18(2)19(22)3)29(26,27)21-9-5-4-6-10-21/h4-15H,16H2,1-3H3. The number of sulfonamides is 1. The smallest absolute Gasteiger partial charge is 0.270 e. The maximum atomic E-state index is 13.4. The number of rotatable bonds is 6. The highest BCUT2D eigenvalue weighted by atomic mass is 32.2. The fraction of sp³-hybridized carbons (Fsp3) is 0.174. The van der Waals surface area contributed by atoms with Crippen molar-refractivity contribution < 1.29 is 13.2 Å². The van der Waals surface area contributed by atoms with Crippen LogP contribution in [0.1, 0.15) is 16.7 Å². The first-order chi connectivity index (χ1) is 13.8. The molecule has 0 unspecified atom stereocenters. The Kier molecular flexibility index (Phi) is 6.45. The Hall–Kier alpha value is -2.57. The van der Waals surface area contributed by atoms with Crippen LogP contribution in [0.2, 0.25) is 0 Å². The van der Waals surface area contributed by atoms with Crippen LogP contribution in [0, 0.1) is 20.8 Å². The number of benzene rings is 3. The second kappa shape index (κ2) is 8.84. The minimum absolute atomic E-state index is 0.0164. The lowest BCUT2D eigenvalue weighted by Gasteiger charge is -2.25. The van der Waals surface area contributed by atoms with Crippen LogP contribution in [0.15, 0.2) is 82.6 Å². The molecular weight excluding hydrogens is 402 g/mol. The molecule has 0 N–H and O–H groups in total. The van der Waals surface area contributed by atoms with Gasteiger partial charge in [-0.2, -0.15) is 0 Å². The minimum atomic E-state index is -4.03. The summed E-state index contributed by atoms with van der Waals surface area (Å²) in [6, 6.07) is 21.2. The first-order valence-electron chi connectivity index (χ1n) is 9.19. The predicted molar refractivity (Wildman–Crippen MR) is 119 cm³/mol. The Morgan fingerprint density at radius 2 is 1.52 bits per heavy atom. The third-order valence-corrected chi connectivity index (χ3v) is 7.43. The maximum absolute atomic E-state index is 13.4. The Labute approximate surface area is 176 Å². The lowest BCUT2D eigenvalue weighted by Crippen LogP contribution is -2.38. The van der Waals surface area contributed by atoms with Crippen molar-refractivity contribution in [2.45, 2.75) is 30.6 Å². The van der Waals surface area contributed by atoms with Crippen LogP contribution in [-0.2, 0) is 14.8 Å². The SMILES string of the molecule is Cc1ccc(SCC(=O)N(c2cccc(C)c2C)S(=O)(=O)c2ccccc2)cc1. The summed E-state index contributed by atoms with van der Waals surface area (Å²) in [5, 5.41) is 0. The van der Waals surface area contributed by atoms with Gasteiger partial charge in [-0.05, 0) is 62.2 Å². The van der Waals surface area contributed by atoms with Crippen molar-refractivity contribution in [1.29, 1.82) is 0 Å². The molecule has 0 aliphatic rings. The van der Waals surface area contributed by atoms with Crippen LogP contribution in [0.3, 0.4) is 0 Å². The molecule has 0 bridgehead atoms. The second-order valence-corrected chi connectivity index (χ2v) is 9.63. The summed E-state index contributed by atoms with van der Waals surface area (Å²) >= 11 is 1.33. The van der Waals surface area contributed by atoms with Gasteiger partial charge in [-0.3, -0.25) is 4.79 Å². The van der Waals surface area contributed by atoms with Crippen molar-refractivity contribution >= 4 is 33.4 Å². The van der Waals surface area contributed by atoms with Gasteiger partial charge in [0, 0.05) is 4.90 Å². The summed E-state index contributed by atoms with van der Waals surface area (Å²) in [6.45, 7) is 5.73. The first-order valence-corrected chi connectivity index (χ1v) is 11.6. The molecule has 0 fully saturated rings. The molecular formula is C23H23NO3S2. The molecule has 4 nitrogen and oxygen atoms in total. The number of carbonyl (C=O) groups is 1. The van der Waals surface area contributed by atoms with Gasteiger partial charge in [-0.15, -0.1) is 11.8 Å². The summed E-state index contributed by atoms with van der Waals surface area (Å²) in [4.78, 5) is 14.2. The fourth-order valence-corrected chi connectivity index (χ4v) is 5.22. The van der Waals surface area contributed by atoms with Crippen LogP contribution in [0.4, 0.5) is 5.69 Å². The highest BCUT2D eigenvalue weighted by Crippen LogP contribution is 2.30. The monoisotopic (exact) mass is 425 g/mol. The lowest BCUT2D eigenvalue weighted by molar-refractivity contribution is -0.115. The maximum Gasteiger partial charge on any atom is 0.270 e. The number of amides is 1. The van der Waals surface area contributed by atoms with E-state index in [2.05, 4.69) is 0 Å². The molecule has 3 aromatic rings. The lowest BCUT2D eigenvalue weighted by atomic mass is 10.1. The summed E-state index contributed by atoms with van der Waals surface area (Å²) < 4.78 is 27.7. The Balaban J connectivity index is 1.99. The number of nitrogens with zero attached hydrogens (tertiary/aromatic N) is 1. The molecule has 0 saturated carbocycles. The van der Waals surface area contributed by atoms with Gasteiger partial charge in [-0.1, -0.05) is 48.0 Å². The van der Waals surface area contributed by atoms with Crippen molar-refractivity contribution in [2.24, 2.45) is 0 Å². The molecule has 0 aromatic heterocycles. The highest BCUT2D eigenvalue weighted by Gasteiger charge is 2.32. The van der Waals surface area contributed by atoms with E-state index < -0.39 is 15.9 Å². The molecule has 0 radical (unpaired) electrons.